The van der Waals surface area contributed by atoms with Crippen LogP contribution in [0, 0.1) is 17.0 Å². The fourth-order valence-electron chi connectivity index (χ4n) is 1.77. The number of hydrogen-bond donors (Lipinski definition) is 0. The van der Waals surface area contributed by atoms with Crippen molar-refractivity contribution >= 4 is 21.6 Å². The third-order valence-corrected chi connectivity index (χ3v) is 3.26. The third-order valence-electron chi connectivity index (χ3n) is 2.73. The minimum atomic E-state index is -0.496. The number of halogens is 1. The normalized spacial score (nSPS) is 10.4. The molecule has 0 amide bonds. The van der Waals surface area contributed by atoms with Gasteiger partial charge in [0.1, 0.15) is 0 Å². The molecule has 0 fully saturated rings. The molecule has 0 radical (unpaired) electrons. The topological polar surface area (TPSA) is 65.1 Å². The zero-order valence-electron chi connectivity index (χ0n) is 10.2. The number of pyridine rings is 1. The summed E-state index contributed by atoms with van der Waals surface area (Å²) in [5.41, 5.74) is 0.985. The van der Waals surface area contributed by atoms with E-state index in [0.717, 1.165) is 10.0 Å². The van der Waals surface area contributed by atoms with Crippen LogP contribution in [0.2, 0.25) is 0 Å². The Kier molecular flexibility index (Phi) is 3.80. The lowest BCUT2D eigenvalue weighted by Gasteiger charge is -2.07. The van der Waals surface area contributed by atoms with Gasteiger partial charge in [-0.2, -0.15) is 0 Å². The molecule has 0 bridgehead atoms. The van der Waals surface area contributed by atoms with Gasteiger partial charge in [-0.25, -0.2) is 0 Å². The van der Waals surface area contributed by atoms with Crippen molar-refractivity contribution in [2.24, 2.45) is 0 Å². The summed E-state index contributed by atoms with van der Waals surface area (Å²) in [6.45, 7) is 1.89. The van der Waals surface area contributed by atoms with Gasteiger partial charge < -0.3 is 4.57 Å². The highest BCUT2D eigenvalue weighted by Crippen LogP contribution is 2.13. The molecule has 5 nitrogen and oxygen atoms in total. The van der Waals surface area contributed by atoms with Crippen LogP contribution < -0.4 is 5.56 Å². The number of rotatable bonds is 3. The van der Waals surface area contributed by atoms with Gasteiger partial charge in [0.25, 0.3) is 11.2 Å². The smallest absolute Gasteiger partial charge is 0.286 e. The number of benzene rings is 1. The summed E-state index contributed by atoms with van der Waals surface area (Å²) in [5, 5.41) is 10.8. The third kappa shape index (κ3) is 3.08. The fourth-order valence-corrected chi connectivity index (χ4v) is 2.03. The van der Waals surface area contributed by atoms with E-state index in [1.807, 2.05) is 24.3 Å². The van der Waals surface area contributed by atoms with E-state index in [1.165, 1.54) is 16.8 Å². The Balaban J connectivity index is 2.41. The molecule has 0 atom stereocenters. The van der Waals surface area contributed by atoms with E-state index in [4.69, 9.17) is 0 Å². The summed E-state index contributed by atoms with van der Waals surface area (Å²) in [6, 6.07) is 8.75. The Bertz CT molecular complexity index is 677. The van der Waals surface area contributed by atoms with Gasteiger partial charge in [-0.3, -0.25) is 14.9 Å². The largest absolute Gasteiger partial charge is 0.304 e. The van der Waals surface area contributed by atoms with E-state index in [9.17, 15) is 14.9 Å². The molecule has 2 rings (SSSR count). The standard InChI is InChI=1S/C13H11BrN2O3/c1-9-6-12(16(18)19)8-15(13(9)17)7-10-2-4-11(14)5-3-10/h2-6,8H,7H2,1H3. The van der Waals surface area contributed by atoms with E-state index >= 15 is 0 Å². The SMILES string of the molecule is Cc1cc([N+](=O)[O-])cn(Cc2ccc(Br)cc2)c1=O. The second-order valence-electron chi connectivity index (χ2n) is 4.20. The molecule has 0 saturated heterocycles. The first-order chi connectivity index (χ1) is 8.97. The zero-order chi connectivity index (χ0) is 14.0. The van der Waals surface area contributed by atoms with E-state index < -0.39 is 4.92 Å². The summed E-state index contributed by atoms with van der Waals surface area (Å²) < 4.78 is 2.30. The number of aromatic nitrogens is 1. The molecule has 2 aromatic rings. The van der Waals surface area contributed by atoms with Gasteiger partial charge in [-0.15, -0.1) is 0 Å². The van der Waals surface area contributed by atoms with Crippen molar-refractivity contribution in [2.45, 2.75) is 13.5 Å². The predicted octanol–water partition coefficient (Wildman–Crippen LogP) is 2.88. The summed E-state index contributed by atoms with van der Waals surface area (Å²) in [4.78, 5) is 22.2. The minimum absolute atomic E-state index is 0.0748. The van der Waals surface area contributed by atoms with E-state index in [1.54, 1.807) is 6.92 Å². The van der Waals surface area contributed by atoms with Crippen LogP contribution in [0.25, 0.3) is 0 Å². The molecule has 19 heavy (non-hydrogen) atoms. The van der Waals surface area contributed by atoms with Gasteiger partial charge >= 0.3 is 0 Å². The molecule has 0 N–H and O–H groups in total. The summed E-state index contributed by atoms with van der Waals surface area (Å²) in [5.74, 6) is 0. The second-order valence-corrected chi connectivity index (χ2v) is 5.11. The van der Waals surface area contributed by atoms with E-state index in [-0.39, 0.29) is 11.2 Å². The highest BCUT2D eigenvalue weighted by Gasteiger charge is 2.11. The summed E-state index contributed by atoms with van der Waals surface area (Å²) in [7, 11) is 0. The molecule has 1 heterocycles. The van der Waals surface area contributed by atoms with Gasteiger partial charge in [0.15, 0.2) is 0 Å². The molecule has 0 spiro atoms. The summed E-state index contributed by atoms with van der Waals surface area (Å²) in [6.07, 6.45) is 1.28. The van der Waals surface area contributed by atoms with Gasteiger partial charge in [-0.1, -0.05) is 28.1 Å². The molecule has 0 aliphatic heterocycles. The van der Waals surface area contributed by atoms with Crippen molar-refractivity contribution in [2.75, 3.05) is 0 Å². The molecule has 0 aliphatic rings. The zero-order valence-corrected chi connectivity index (χ0v) is 11.8. The molecule has 0 unspecified atom stereocenters. The molecule has 98 valence electrons. The molecule has 0 aliphatic carbocycles. The maximum Gasteiger partial charge on any atom is 0.286 e. The van der Waals surface area contributed by atoms with Crippen molar-refractivity contribution < 1.29 is 4.92 Å². The van der Waals surface area contributed by atoms with Crippen LogP contribution in [0.1, 0.15) is 11.1 Å². The molecular formula is C13H11BrN2O3. The van der Waals surface area contributed by atoms with Crippen LogP contribution in [0.15, 0.2) is 45.8 Å². The lowest BCUT2D eigenvalue weighted by Crippen LogP contribution is -2.22. The van der Waals surface area contributed by atoms with Crippen LogP contribution in [0.4, 0.5) is 5.69 Å². The maximum absolute atomic E-state index is 11.9. The molecule has 1 aromatic carbocycles. The molecule has 0 saturated carbocycles. The highest BCUT2D eigenvalue weighted by molar-refractivity contribution is 9.10. The van der Waals surface area contributed by atoms with Gasteiger partial charge in [0.2, 0.25) is 0 Å². The Hall–Kier alpha value is -1.95. The lowest BCUT2D eigenvalue weighted by molar-refractivity contribution is -0.385. The first-order valence-corrected chi connectivity index (χ1v) is 6.36. The van der Waals surface area contributed by atoms with Gasteiger partial charge in [-0.05, 0) is 24.6 Å². The van der Waals surface area contributed by atoms with E-state index in [2.05, 4.69) is 15.9 Å². The van der Waals surface area contributed by atoms with Gasteiger partial charge in [0.05, 0.1) is 17.7 Å². The van der Waals surface area contributed by atoms with Crippen LogP contribution in [0.3, 0.4) is 0 Å². The Morgan fingerprint density at radius 1 is 1.32 bits per heavy atom. The van der Waals surface area contributed by atoms with Crippen LogP contribution in [-0.2, 0) is 6.54 Å². The first kappa shape index (κ1) is 13.5. The number of hydrogen-bond acceptors (Lipinski definition) is 3. The first-order valence-electron chi connectivity index (χ1n) is 5.57. The highest BCUT2D eigenvalue weighted by atomic mass is 79.9. The summed E-state index contributed by atoms with van der Waals surface area (Å²) >= 11 is 3.33. The minimum Gasteiger partial charge on any atom is -0.304 e. The van der Waals surface area contributed by atoms with Crippen molar-refractivity contribution in [3.8, 4) is 0 Å². The molecular weight excluding hydrogens is 312 g/mol. The quantitative estimate of drug-likeness (QED) is 0.644. The molecule has 6 heteroatoms. The molecule has 1 aromatic heterocycles. The number of nitrogens with zero attached hydrogens (tertiary/aromatic N) is 2. The predicted molar refractivity (Wildman–Crippen MR) is 75.3 cm³/mol. The maximum atomic E-state index is 11.9. The van der Waals surface area contributed by atoms with Crippen LogP contribution in [-0.4, -0.2) is 9.49 Å². The monoisotopic (exact) mass is 322 g/mol. The average Bonchev–Trinajstić information content (AvgIpc) is 2.37. The van der Waals surface area contributed by atoms with Crippen molar-refractivity contribution in [1.29, 1.82) is 0 Å². The number of aryl methyl sites for hydroxylation is 1. The Labute approximate surface area is 117 Å². The number of nitro groups is 1. The van der Waals surface area contributed by atoms with E-state index in [0.29, 0.717) is 12.1 Å². The van der Waals surface area contributed by atoms with Crippen LogP contribution in [0.5, 0.6) is 0 Å². The Morgan fingerprint density at radius 2 is 1.95 bits per heavy atom. The van der Waals surface area contributed by atoms with Crippen LogP contribution >= 0.6 is 15.9 Å². The van der Waals surface area contributed by atoms with Crippen molar-refractivity contribution in [3.63, 3.8) is 0 Å². The second kappa shape index (κ2) is 5.36. The fraction of sp³-hybridized carbons (Fsp3) is 0.154. The Morgan fingerprint density at radius 3 is 2.53 bits per heavy atom. The lowest BCUT2D eigenvalue weighted by atomic mass is 10.2. The van der Waals surface area contributed by atoms with Crippen molar-refractivity contribution in [3.05, 3.63) is 72.6 Å². The average molecular weight is 323 g/mol. The van der Waals surface area contributed by atoms with Gasteiger partial charge in [0, 0.05) is 16.1 Å². The van der Waals surface area contributed by atoms with Crippen molar-refractivity contribution in [1.82, 2.24) is 4.57 Å².